The van der Waals surface area contributed by atoms with Crippen molar-refractivity contribution in [2.24, 2.45) is 0 Å². The van der Waals surface area contributed by atoms with Crippen LogP contribution in [0.15, 0.2) is 60.8 Å². The van der Waals surface area contributed by atoms with E-state index in [1.165, 1.54) is 5.56 Å². The topological polar surface area (TPSA) is 66.7 Å². The van der Waals surface area contributed by atoms with Crippen LogP contribution in [-0.2, 0) is 11.3 Å². The molecular weight excluding hydrogens is 378 g/mol. The predicted molar refractivity (Wildman–Crippen MR) is 118 cm³/mol. The molecule has 0 spiro atoms. The van der Waals surface area contributed by atoms with E-state index in [2.05, 4.69) is 26.9 Å². The Labute approximate surface area is 177 Å². The molecule has 1 aliphatic rings. The number of carbonyl (C=O) groups excluding carboxylic acids is 1. The van der Waals surface area contributed by atoms with Crippen molar-refractivity contribution >= 4 is 16.8 Å². The molecule has 1 amide bonds. The van der Waals surface area contributed by atoms with Crippen molar-refractivity contribution in [1.29, 1.82) is 0 Å². The minimum absolute atomic E-state index is 0.166. The van der Waals surface area contributed by atoms with Crippen LogP contribution in [0.1, 0.15) is 22.8 Å². The number of benzene rings is 2. The standard InChI is InChI=1S/C24H29N3O3/c1-24(29,18-26-11-13-30-14-12-26)17-25-23(28)21-16-27(15-19-7-3-2-4-8-19)22-10-6-5-9-20(21)22/h2-10,16,29H,11-15,17-18H2,1H3,(H,25,28)/t24-/m0/s1. The number of aromatic nitrogens is 1. The second-order valence-corrected chi connectivity index (χ2v) is 8.24. The molecule has 1 atom stereocenters. The van der Waals surface area contributed by atoms with E-state index in [4.69, 9.17) is 4.74 Å². The molecule has 1 aromatic heterocycles. The van der Waals surface area contributed by atoms with Gasteiger partial charge in [0.15, 0.2) is 0 Å². The van der Waals surface area contributed by atoms with E-state index in [-0.39, 0.29) is 12.5 Å². The Morgan fingerprint density at radius 2 is 1.80 bits per heavy atom. The van der Waals surface area contributed by atoms with Gasteiger partial charge in [-0.15, -0.1) is 0 Å². The number of aliphatic hydroxyl groups is 1. The molecule has 2 heterocycles. The van der Waals surface area contributed by atoms with Crippen LogP contribution < -0.4 is 5.32 Å². The lowest BCUT2D eigenvalue weighted by Gasteiger charge is -2.33. The largest absolute Gasteiger partial charge is 0.387 e. The van der Waals surface area contributed by atoms with Crippen LogP contribution in [0.4, 0.5) is 0 Å². The zero-order valence-corrected chi connectivity index (χ0v) is 17.4. The highest BCUT2D eigenvalue weighted by Gasteiger charge is 2.26. The zero-order valence-electron chi connectivity index (χ0n) is 17.4. The van der Waals surface area contributed by atoms with E-state index in [0.29, 0.717) is 31.9 Å². The van der Waals surface area contributed by atoms with Crippen LogP contribution in [0.5, 0.6) is 0 Å². The number of fused-ring (bicyclic) bond motifs is 1. The van der Waals surface area contributed by atoms with Crippen molar-refractivity contribution in [3.05, 3.63) is 71.9 Å². The molecule has 0 saturated carbocycles. The zero-order chi connectivity index (χ0) is 21.0. The lowest BCUT2D eigenvalue weighted by atomic mass is 10.1. The average molecular weight is 408 g/mol. The molecule has 3 aromatic rings. The number of hydrogen-bond donors (Lipinski definition) is 2. The van der Waals surface area contributed by atoms with Gasteiger partial charge >= 0.3 is 0 Å². The number of nitrogens with one attached hydrogen (secondary N) is 1. The number of para-hydroxylation sites is 1. The molecule has 1 aliphatic heterocycles. The Hall–Kier alpha value is -2.67. The Morgan fingerprint density at radius 1 is 1.10 bits per heavy atom. The fourth-order valence-corrected chi connectivity index (χ4v) is 4.00. The Morgan fingerprint density at radius 3 is 2.57 bits per heavy atom. The smallest absolute Gasteiger partial charge is 0.253 e. The van der Waals surface area contributed by atoms with Gasteiger partial charge in [0.2, 0.25) is 0 Å². The molecule has 0 unspecified atom stereocenters. The second-order valence-electron chi connectivity index (χ2n) is 8.24. The summed E-state index contributed by atoms with van der Waals surface area (Å²) in [4.78, 5) is 15.2. The summed E-state index contributed by atoms with van der Waals surface area (Å²) in [5.41, 5.74) is 1.82. The lowest BCUT2D eigenvalue weighted by molar-refractivity contribution is -0.0213. The Bertz CT molecular complexity index is 991. The molecule has 6 heteroatoms. The van der Waals surface area contributed by atoms with Gasteiger partial charge in [0, 0.05) is 49.8 Å². The third kappa shape index (κ3) is 4.90. The highest BCUT2D eigenvalue weighted by molar-refractivity contribution is 6.07. The minimum Gasteiger partial charge on any atom is -0.387 e. The summed E-state index contributed by atoms with van der Waals surface area (Å²) in [5, 5.41) is 14.6. The number of morpholine rings is 1. The fraction of sp³-hybridized carbons (Fsp3) is 0.375. The molecule has 1 saturated heterocycles. The summed E-state index contributed by atoms with van der Waals surface area (Å²) in [6, 6.07) is 18.1. The van der Waals surface area contributed by atoms with Gasteiger partial charge in [-0.2, -0.15) is 0 Å². The van der Waals surface area contributed by atoms with Gasteiger partial charge in [-0.1, -0.05) is 48.5 Å². The molecule has 0 aliphatic carbocycles. The normalized spacial score (nSPS) is 17.0. The van der Waals surface area contributed by atoms with Gasteiger partial charge in [-0.25, -0.2) is 0 Å². The summed E-state index contributed by atoms with van der Waals surface area (Å²) < 4.78 is 7.46. The van der Waals surface area contributed by atoms with Gasteiger partial charge in [0.1, 0.15) is 0 Å². The highest BCUT2D eigenvalue weighted by Crippen LogP contribution is 2.22. The van der Waals surface area contributed by atoms with E-state index in [0.717, 1.165) is 24.0 Å². The van der Waals surface area contributed by atoms with E-state index in [9.17, 15) is 9.90 Å². The lowest BCUT2D eigenvalue weighted by Crippen LogP contribution is -2.51. The van der Waals surface area contributed by atoms with E-state index < -0.39 is 5.60 Å². The fourth-order valence-electron chi connectivity index (χ4n) is 4.00. The maximum Gasteiger partial charge on any atom is 0.253 e. The Balaban J connectivity index is 1.47. The second kappa shape index (κ2) is 9.00. The summed E-state index contributed by atoms with van der Waals surface area (Å²) in [6.45, 7) is 6.14. The predicted octanol–water partition coefficient (Wildman–Crippen LogP) is 2.50. The van der Waals surface area contributed by atoms with Gasteiger partial charge in [0.25, 0.3) is 5.91 Å². The van der Waals surface area contributed by atoms with Gasteiger partial charge in [0.05, 0.1) is 24.4 Å². The quantitative estimate of drug-likeness (QED) is 0.632. The van der Waals surface area contributed by atoms with Crippen molar-refractivity contribution < 1.29 is 14.6 Å². The van der Waals surface area contributed by atoms with E-state index >= 15 is 0 Å². The number of ether oxygens (including phenoxy) is 1. The number of rotatable bonds is 7. The molecular formula is C24H29N3O3. The van der Waals surface area contributed by atoms with E-state index in [1.807, 2.05) is 48.7 Å². The summed E-state index contributed by atoms with van der Waals surface area (Å²) in [7, 11) is 0. The maximum atomic E-state index is 13.0. The van der Waals surface area contributed by atoms with Crippen LogP contribution in [0, 0.1) is 0 Å². The molecule has 30 heavy (non-hydrogen) atoms. The monoisotopic (exact) mass is 407 g/mol. The van der Waals surface area contributed by atoms with Crippen LogP contribution >= 0.6 is 0 Å². The van der Waals surface area contributed by atoms with Crippen LogP contribution in [0.2, 0.25) is 0 Å². The molecule has 6 nitrogen and oxygen atoms in total. The van der Waals surface area contributed by atoms with Gasteiger partial charge in [-0.3, -0.25) is 9.69 Å². The van der Waals surface area contributed by atoms with Crippen LogP contribution in [0.25, 0.3) is 10.9 Å². The molecule has 4 rings (SSSR count). The Kier molecular flexibility index (Phi) is 6.18. The van der Waals surface area contributed by atoms with Crippen molar-refractivity contribution in [2.75, 3.05) is 39.4 Å². The molecule has 158 valence electrons. The summed E-state index contributed by atoms with van der Waals surface area (Å²) >= 11 is 0. The van der Waals surface area contributed by atoms with E-state index in [1.54, 1.807) is 6.92 Å². The van der Waals surface area contributed by atoms with Gasteiger partial charge < -0.3 is 19.7 Å². The number of β-amino-alcohol motifs (C(OH)–C–C–N with tert-alkyl or cyclic N) is 1. The minimum atomic E-state index is -1.00. The molecule has 1 fully saturated rings. The third-order valence-corrected chi connectivity index (χ3v) is 5.53. The summed E-state index contributed by atoms with van der Waals surface area (Å²) in [6.07, 6.45) is 1.91. The average Bonchev–Trinajstić information content (AvgIpc) is 3.12. The van der Waals surface area contributed by atoms with Crippen molar-refractivity contribution in [1.82, 2.24) is 14.8 Å². The molecule has 0 radical (unpaired) electrons. The SMILES string of the molecule is C[C@](O)(CNC(=O)c1cn(Cc2ccccc2)c2ccccc12)CN1CCOCC1. The number of amides is 1. The number of nitrogens with zero attached hydrogens (tertiary/aromatic N) is 2. The number of carbonyl (C=O) groups is 1. The first-order chi connectivity index (χ1) is 14.5. The van der Waals surface area contributed by atoms with Crippen molar-refractivity contribution in [2.45, 2.75) is 19.1 Å². The molecule has 0 bridgehead atoms. The highest BCUT2D eigenvalue weighted by atomic mass is 16.5. The van der Waals surface area contributed by atoms with Crippen LogP contribution in [0.3, 0.4) is 0 Å². The maximum absolute atomic E-state index is 13.0. The first-order valence-electron chi connectivity index (χ1n) is 10.4. The first kappa shape index (κ1) is 20.6. The van der Waals surface area contributed by atoms with Gasteiger partial charge in [-0.05, 0) is 18.6 Å². The number of hydrogen-bond acceptors (Lipinski definition) is 4. The van der Waals surface area contributed by atoms with Crippen molar-refractivity contribution in [3.8, 4) is 0 Å². The molecule has 2 N–H and O–H groups in total. The van der Waals surface area contributed by atoms with Crippen LogP contribution in [-0.4, -0.2) is 65.5 Å². The third-order valence-electron chi connectivity index (χ3n) is 5.53. The van der Waals surface area contributed by atoms with Crippen molar-refractivity contribution in [3.63, 3.8) is 0 Å². The molecule has 2 aromatic carbocycles. The summed E-state index contributed by atoms with van der Waals surface area (Å²) in [5.74, 6) is -0.166. The first-order valence-corrected chi connectivity index (χ1v) is 10.4.